The summed E-state index contributed by atoms with van der Waals surface area (Å²) in [6.07, 6.45) is 0. The van der Waals surface area contributed by atoms with Gasteiger partial charge >= 0.3 is 0 Å². The first-order valence-electron chi connectivity index (χ1n) is 6.12. The van der Waals surface area contributed by atoms with Crippen molar-refractivity contribution in [3.8, 4) is 0 Å². The Hall–Kier alpha value is -1.23. The molecule has 0 heterocycles. The van der Waals surface area contributed by atoms with Gasteiger partial charge in [-0.15, -0.1) is 11.8 Å². The van der Waals surface area contributed by atoms with Crippen LogP contribution in [-0.4, -0.2) is 11.7 Å². The zero-order valence-electron chi connectivity index (χ0n) is 10.9. The van der Waals surface area contributed by atoms with Crippen LogP contribution in [-0.2, 0) is 10.5 Å². The fraction of sp³-hybridized carbons (Fsp3) is 0.133. The van der Waals surface area contributed by atoms with Crippen LogP contribution < -0.4 is 5.32 Å². The SMILES string of the molecule is O=C(CSCc1ccc(F)cc1)Nc1c(Cl)cccc1Cl. The van der Waals surface area contributed by atoms with Gasteiger partial charge in [-0.2, -0.15) is 0 Å². The standard InChI is InChI=1S/C15H12Cl2FNOS/c16-12-2-1-3-13(17)15(12)19-14(20)9-21-8-10-4-6-11(18)7-5-10/h1-7H,8-9H2,(H,19,20). The van der Waals surface area contributed by atoms with Crippen LogP contribution in [0.15, 0.2) is 42.5 Å². The molecule has 0 spiro atoms. The van der Waals surface area contributed by atoms with E-state index >= 15 is 0 Å². The predicted molar refractivity (Wildman–Crippen MR) is 87.7 cm³/mol. The van der Waals surface area contributed by atoms with Gasteiger partial charge in [0.2, 0.25) is 5.91 Å². The molecule has 0 fully saturated rings. The van der Waals surface area contributed by atoms with Gasteiger partial charge in [-0.25, -0.2) is 4.39 Å². The van der Waals surface area contributed by atoms with E-state index < -0.39 is 0 Å². The summed E-state index contributed by atoms with van der Waals surface area (Å²) < 4.78 is 12.8. The van der Waals surface area contributed by atoms with E-state index in [0.717, 1.165) is 5.56 Å². The van der Waals surface area contributed by atoms with E-state index in [-0.39, 0.29) is 17.5 Å². The lowest BCUT2D eigenvalue weighted by Crippen LogP contribution is -2.14. The van der Waals surface area contributed by atoms with E-state index in [1.165, 1.54) is 23.9 Å². The number of benzene rings is 2. The number of carbonyl (C=O) groups excluding carboxylic acids is 1. The van der Waals surface area contributed by atoms with Crippen LogP contribution in [0.4, 0.5) is 10.1 Å². The largest absolute Gasteiger partial charge is 0.323 e. The molecule has 2 aromatic carbocycles. The Bertz CT molecular complexity index is 614. The molecule has 0 saturated carbocycles. The van der Waals surface area contributed by atoms with Crippen molar-refractivity contribution in [2.45, 2.75) is 5.75 Å². The molecule has 0 aliphatic rings. The van der Waals surface area contributed by atoms with E-state index in [1.807, 2.05) is 0 Å². The molecule has 2 aromatic rings. The van der Waals surface area contributed by atoms with Gasteiger partial charge in [0.25, 0.3) is 0 Å². The fourth-order valence-electron chi connectivity index (χ4n) is 1.63. The molecule has 1 N–H and O–H groups in total. The number of para-hydroxylation sites is 1. The average molecular weight is 344 g/mol. The number of hydrogen-bond donors (Lipinski definition) is 1. The summed E-state index contributed by atoms with van der Waals surface area (Å²) in [4.78, 5) is 11.9. The first-order chi connectivity index (χ1) is 10.1. The molecule has 0 unspecified atom stereocenters. The second-order valence-corrected chi connectivity index (χ2v) is 6.06. The number of hydrogen-bond acceptors (Lipinski definition) is 2. The van der Waals surface area contributed by atoms with Gasteiger partial charge in [-0.05, 0) is 29.8 Å². The molecule has 0 aliphatic heterocycles. The molecule has 2 rings (SSSR count). The lowest BCUT2D eigenvalue weighted by molar-refractivity contribution is -0.113. The number of thioether (sulfide) groups is 1. The second-order valence-electron chi connectivity index (χ2n) is 4.26. The Balaban J connectivity index is 1.84. The maximum atomic E-state index is 12.8. The number of anilines is 1. The fourth-order valence-corrected chi connectivity index (χ4v) is 2.91. The van der Waals surface area contributed by atoms with Gasteiger partial charge in [0, 0.05) is 5.75 Å². The van der Waals surface area contributed by atoms with E-state index in [2.05, 4.69) is 5.32 Å². The van der Waals surface area contributed by atoms with Crippen LogP contribution >= 0.6 is 35.0 Å². The van der Waals surface area contributed by atoms with Crippen molar-refractivity contribution in [1.29, 1.82) is 0 Å². The molecule has 21 heavy (non-hydrogen) atoms. The Morgan fingerprint density at radius 2 is 1.71 bits per heavy atom. The summed E-state index contributed by atoms with van der Waals surface area (Å²) in [5.41, 5.74) is 1.39. The maximum Gasteiger partial charge on any atom is 0.234 e. The molecule has 0 atom stereocenters. The quantitative estimate of drug-likeness (QED) is 0.827. The van der Waals surface area contributed by atoms with Crippen LogP contribution in [0.3, 0.4) is 0 Å². The highest BCUT2D eigenvalue weighted by molar-refractivity contribution is 7.99. The molecule has 110 valence electrons. The number of amides is 1. The molecule has 0 radical (unpaired) electrons. The number of halogens is 3. The maximum absolute atomic E-state index is 12.8. The molecular formula is C15H12Cl2FNOS. The predicted octanol–water partition coefficient (Wildman–Crippen LogP) is 5.00. The van der Waals surface area contributed by atoms with Gasteiger partial charge < -0.3 is 5.32 Å². The molecule has 0 aromatic heterocycles. The van der Waals surface area contributed by atoms with Gasteiger partial charge in [-0.1, -0.05) is 41.4 Å². The Labute approximate surface area is 136 Å². The summed E-state index contributed by atoms with van der Waals surface area (Å²) in [6.45, 7) is 0. The first kappa shape index (κ1) is 16.1. The molecule has 6 heteroatoms. The van der Waals surface area contributed by atoms with E-state index in [4.69, 9.17) is 23.2 Å². The lowest BCUT2D eigenvalue weighted by atomic mass is 10.2. The van der Waals surface area contributed by atoms with Crippen molar-refractivity contribution >= 4 is 46.6 Å². The van der Waals surface area contributed by atoms with Gasteiger partial charge in [0.1, 0.15) is 5.82 Å². The molecule has 1 amide bonds. The topological polar surface area (TPSA) is 29.1 Å². The molecule has 0 bridgehead atoms. The zero-order chi connectivity index (χ0) is 15.2. The van der Waals surface area contributed by atoms with Crippen molar-refractivity contribution in [3.05, 3.63) is 63.9 Å². The Morgan fingerprint density at radius 1 is 1.10 bits per heavy atom. The third-order valence-electron chi connectivity index (χ3n) is 2.64. The van der Waals surface area contributed by atoms with Gasteiger partial charge in [-0.3, -0.25) is 4.79 Å². The Kier molecular flexibility index (Phi) is 5.91. The smallest absolute Gasteiger partial charge is 0.234 e. The van der Waals surface area contributed by atoms with Crippen molar-refractivity contribution < 1.29 is 9.18 Å². The van der Waals surface area contributed by atoms with E-state index in [1.54, 1.807) is 30.3 Å². The van der Waals surface area contributed by atoms with Crippen molar-refractivity contribution in [1.82, 2.24) is 0 Å². The highest BCUT2D eigenvalue weighted by Gasteiger charge is 2.09. The summed E-state index contributed by atoms with van der Waals surface area (Å²) in [5, 5.41) is 3.49. The number of rotatable bonds is 5. The minimum absolute atomic E-state index is 0.183. The lowest BCUT2D eigenvalue weighted by Gasteiger charge is -2.09. The van der Waals surface area contributed by atoms with Crippen LogP contribution in [0.25, 0.3) is 0 Å². The van der Waals surface area contributed by atoms with Crippen molar-refractivity contribution in [2.24, 2.45) is 0 Å². The molecule has 0 saturated heterocycles. The Morgan fingerprint density at radius 3 is 2.33 bits per heavy atom. The number of carbonyl (C=O) groups is 1. The second kappa shape index (κ2) is 7.69. The summed E-state index contributed by atoms with van der Waals surface area (Å²) in [7, 11) is 0. The van der Waals surface area contributed by atoms with Gasteiger partial charge in [0.05, 0.1) is 21.5 Å². The highest BCUT2D eigenvalue weighted by Crippen LogP contribution is 2.29. The normalized spacial score (nSPS) is 10.4. The third-order valence-corrected chi connectivity index (χ3v) is 4.28. The van der Waals surface area contributed by atoms with Crippen LogP contribution in [0.5, 0.6) is 0 Å². The zero-order valence-corrected chi connectivity index (χ0v) is 13.2. The monoisotopic (exact) mass is 343 g/mol. The summed E-state index contributed by atoms with van der Waals surface area (Å²) in [6, 6.07) is 11.2. The first-order valence-corrected chi connectivity index (χ1v) is 8.03. The molecule has 0 aliphatic carbocycles. The van der Waals surface area contributed by atoms with Gasteiger partial charge in [0.15, 0.2) is 0 Å². The van der Waals surface area contributed by atoms with Crippen LogP contribution in [0.1, 0.15) is 5.56 Å². The van der Waals surface area contributed by atoms with Crippen LogP contribution in [0, 0.1) is 5.82 Å². The molecule has 2 nitrogen and oxygen atoms in total. The van der Waals surface area contributed by atoms with Crippen molar-refractivity contribution in [3.63, 3.8) is 0 Å². The number of nitrogens with one attached hydrogen (secondary N) is 1. The van der Waals surface area contributed by atoms with Crippen LogP contribution in [0.2, 0.25) is 10.0 Å². The van der Waals surface area contributed by atoms with E-state index in [9.17, 15) is 9.18 Å². The summed E-state index contributed by atoms with van der Waals surface area (Å²) >= 11 is 13.4. The van der Waals surface area contributed by atoms with E-state index in [0.29, 0.717) is 21.5 Å². The third kappa shape index (κ3) is 4.92. The van der Waals surface area contributed by atoms with Crippen molar-refractivity contribution in [2.75, 3.05) is 11.1 Å². The average Bonchev–Trinajstić information content (AvgIpc) is 2.45. The summed E-state index contributed by atoms with van der Waals surface area (Å²) in [5.74, 6) is 0.440. The minimum Gasteiger partial charge on any atom is -0.323 e. The minimum atomic E-state index is -0.269. The molecular weight excluding hydrogens is 332 g/mol. The highest BCUT2D eigenvalue weighted by atomic mass is 35.5.